The van der Waals surface area contributed by atoms with Gasteiger partial charge in [-0.15, -0.1) is 0 Å². The second-order valence-electron chi connectivity index (χ2n) is 4.60. The number of nitrogens with one attached hydrogen (secondary N) is 1. The summed E-state index contributed by atoms with van der Waals surface area (Å²) in [6.45, 7) is 2.03. The molecule has 1 heterocycles. The third-order valence-electron chi connectivity index (χ3n) is 3.12. The van der Waals surface area contributed by atoms with E-state index in [2.05, 4.69) is 10.3 Å². The molecule has 0 amide bonds. The molecule has 2 unspecified atom stereocenters. The van der Waals surface area contributed by atoms with Gasteiger partial charge in [0.05, 0.1) is 6.10 Å². The first-order chi connectivity index (χ1) is 9.58. The summed E-state index contributed by atoms with van der Waals surface area (Å²) >= 11 is 0. The number of hydrogen-bond acceptors (Lipinski definition) is 3. The van der Waals surface area contributed by atoms with Crippen molar-refractivity contribution in [2.75, 3.05) is 6.54 Å². The first kappa shape index (κ1) is 14.6. The second kappa shape index (κ2) is 6.54. The van der Waals surface area contributed by atoms with Crippen LogP contribution in [0.1, 0.15) is 30.2 Å². The van der Waals surface area contributed by atoms with Crippen LogP contribution in [0.25, 0.3) is 0 Å². The summed E-state index contributed by atoms with van der Waals surface area (Å²) in [4.78, 5) is 4.00. The molecule has 0 aliphatic heterocycles. The summed E-state index contributed by atoms with van der Waals surface area (Å²) in [6.07, 6.45) is 2.28. The van der Waals surface area contributed by atoms with E-state index in [0.717, 1.165) is 23.8 Å². The number of aliphatic hydroxyl groups excluding tert-OH is 1. The van der Waals surface area contributed by atoms with E-state index in [1.165, 1.54) is 0 Å². The predicted octanol–water partition coefficient (Wildman–Crippen LogP) is 2.74. The van der Waals surface area contributed by atoms with Gasteiger partial charge in [0.25, 0.3) is 0 Å². The topological polar surface area (TPSA) is 45.1 Å². The van der Waals surface area contributed by atoms with Crippen LogP contribution in [0, 0.1) is 11.6 Å². The Hall–Kier alpha value is -1.85. The van der Waals surface area contributed by atoms with Crippen LogP contribution in [0.5, 0.6) is 0 Å². The van der Waals surface area contributed by atoms with E-state index in [1.54, 1.807) is 12.4 Å². The van der Waals surface area contributed by atoms with Crippen LogP contribution in [0.15, 0.2) is 42.7 Å². The van der Waals surface area contributed by atoms with Crippen LogP contribution in [-0.4, -0.2) is 16.6 Å². The standard InChI is InChI=1S/C15H16F2N2O/c1-10(11-3-2-6-18-8-11)19-9-15(20)13-7-12(16)4-5-14(13)17/h2-8,10,15,19-20H,9H2,1H3. The lowest BCUT2D eigenvalue weighted by molar-refractivity contribution is 0.165. The van der Waals surface area contributed by atoms with Crippen molar-refractivity contribution in [2.45, 2.75) is 19.1 Å². The zero-order valence-corrected chi connectivity index (χ0v) is 11.1. The highest BCUT2D eigenvalue weighted by Crippen LogP contribution is 2.19. The highest BCUT2D eigenvalue weighted by atomic mass is 19.1. The third kappa shape index (κ3) is 3.59. The number of nitrogens with zero attached hydrogens (tertiary/aromatic N) is 1. The molecule has 2 N–H and O–H groups in total. The third-order valence-corrected chi connectivity index (χ3v) is 3.12. The van der Waals surface area contributed by atoms with Gasteiger partial charge in [-0.25, -0.2) is 8.78 Å². The zero-order chi connectivity index (χ0) is 14.5. The Kier molecular flexibility index (Phi) is 4.76. The normalized spacial score (nSPS) is 14.0. The number of benzene rings is 1. The molecule has 0 aliphatic rings. The maximum atomic E-state index is 13.5. The van der Waals surface area contributed by atoms with Crippen molar-refractivity contribution in [3.8, 4) is 0 Å². The van der Waals surface area contributed by atoms with E-state index in [4.69, 9.17) is 0 Å². The lowest BCUT2D eigenvalue weighted by Crippen LogP contribution is -2.25. The Balaban J connectivity index is 1.98. The van der Waals surface area contributed by atoms with E-state index in [-0.39, 0.29) is 18.2 Å². The number of pyridine rings is 1. The minimum Gasteiger partial charge on any atom is -0.387 e. The molecule has 1 aromatic heterocycles. The molecular formula is C15H16F2N2O. The van der Waals surface area contributed by atoms with Crippen LogP contribution in [-0.2, 0) is 0 Å². The van der Waals surface area contributed by atoms with E-state index >= 15 is 0 Å². The van der Waals surface area contributed by atoms with Gasteiger partial charge in [0.15, 0.2) is 0 Å². The molecule has 0 radical (unpaired) electrons. The first-order valence-electron chi connectivity index (χ1n) is 6.34. The molecule has 0 saturated heterocycles. The SMILES string of the molecule is CC(NCC(O)c1cc(F)ccc1F)c1cccnc1. The largest absolute Gasteiger partial charge is 0.387 e. The average Bonchev–Trinajstić information content (AvgIpc) is 2.47. The van der Waals surface area contributed by atoms with Crippen LogP contribution in [0.4, 0.5) is 8.78 Å². The van der Waals surface area contributed by atoms with Crippen LogP contribution >= 0.6 is 0 Å². The predicted molar refractivity (Wildman–Crippen MR) is 72.0 cm³/mol. The minimum atomic E-state index is -1.11. The number of hydrogen-bond donors (Lipinski definition) is 2. The smallest absolute Gasteiger partial charge is 0.129 e. The van der Waals surface area contributed by atoms with Crippen molar-refractivity contribution in [1.29, 1.82) is 0 Å². The Morgan fingerprint density at radius 2 is 2.10 bits per heavy atom. The first-order valence-corrected chi connectivity index (χ1v) is 6.34. The Morgan fingerprint density at radius 3 is 2.80 bits per heavy atom. The molecule has 2 rings (SSSR count). The highest BCUT2D eigenvalue weighted by Gasteiger charge is 2.15. The van der Waals surface area contributed by atoms with Crippen molar-refractivity contribution in [3.63, 3.8) is 0 Å². The van der Waals surface area contributed by atoms with Crippen LogP contribution in [0.2, 0.25) is 0 Å². The molecule has 2 aromatic rings. The molecule has 3 nitrogen and oxygen atoms in total. The van der Waals surface area contributed by atoms with Gasteiger partial charge < -0.3 is 10.4 Å². The van der Waals surface area contributed by atoms with Gasteiger partial charge in [-0.05, 0) is 36.8 Å². The zero-order valence-electron chi connectivity index (χ0n) is 11.1. The molecule has 5 heteroatoms. The second-order valence-corrected chi connectivity index (χ2v) is 4.60. The van der Waals surface area contributed by atoms with E-state index in [0.29, 0.717) is 0 Å². The Morgan fingerprint density at radius 1 is 1.30 bits per heavy atom. The summed E-state index contributed by atoms with van der Waals surface area (Å²) in [7, 11) is 0. The van der Waals surface area contributed by atoms with Crippen molar-refractivity contribution < 1.29 is 13.9 Å². The lowest BCUT2D eigenvalue weighted by Gasteiger charge is -2.18. The van der Waals surface area contributed by atoms with Crippen molar-refractivity contribution in [3.05, 3.63) is 65.5 Å². The maximum Gasteiger partial charge on any atom is 0.129 e. The van der Waals surface area contributed by atoms with Crippen molar-refractivity contribution >= 4 is 0 Å². The van der Waals surface area contributed by atoms with E-state index < -0.39 is 17.7 Å². The molecule has 0 fully saturated rings. The summed E-state index contributed by atoms with van der Waals surface area (Å²) in [5.74, 6) is -1.18. The molecule has 0 saturated carbocycles. The van der Waals surface area contributed by atoms with Gasteiger partial charge >= 0.3 is 0 Å². The van der Waals surface area contributed by atoms with Gasteiger partial charge in [0.1, 0.15) is 11.6 Å². The van der Waals surface area contributed by atoms with Gasteiger partial charge in [0.2, 0.25) is 0 Å². The summed E-state index contributed by atoms with van der Waals surface area (Å²) in [5, 5.41) is 13.0. The maximum absolute atomic E-state index is 13.5. The van der Waals surface area contributed by atoms with Gasteiger partial charge in [-0.3, -0.25) is 4.98 Å². The van der Waals surface area contributed by atoms with Crippen molar-refractivity contribution in [2.24, 2.45) is 0 Å². The summed E-state index contributed by atoms with van der Waals surface area (Å²) < 4.78 is 26.6. The molecule has 20 heavy (non-hydrogen) atoms. The Bertz CT molecular complexity index is 563. The lowest BCUT2D eigenvalue weighted by atomic mass is 10.1. The number of halogens is 2. The highest BCUT2D eigenvalue weighted by molar-refractivity contribution is 5.21. The molecular weight excluding hydrogens is 262 g/mol. The molecule has 0 aliphatic carbocycles. The van der Waals surface area contributed by atoms with Crippen molar-refractivity contribution in [1.82, 2.24) is 10.3 Å². The van der Waals surface area contributed by atoms with Gasteiger partial charge in [-0.2, -0.15) is 0 Å². The molecule has 0 spiro atoms. The summed E-state index contributed by atoms with van der Waals surface area (Å²) in [6, 6.07) is 6.72. The molecule has 1 aromatic carbocycles. The molecule has 0 bridgehead atoms. The fraction of sp³-hybridized carbons (Fsp3) is 0.267. The summed E-state index contributed by atoms with van der Waals surface area (Å²) in [5.41, 5.74) is 0.912. The molecule has 106 valence electrons. The van der Waals surface area contributed by atoms with E-state index in [1.807, 2.05) is 19.1 Å². The monoisotopic (exact) mass is 278 g/mol. The van der Waals surface area contributed by atoms with E-state index in [9.17, 15) is 13.9 Å². The fourth-order valence-corrected chi connectivity index (χ4v) is 1.92. The Labute approximate surface area is 116 Å². The van der Waals surface area contributed by atoms with Gasteiger partial charge in [0, 0.05) is 30.5 Å². The number of aliphatic hydroxyl groups is 1. The number of rotatable bonds is 5. The van der Waals surface area contributed by atoms with Gasteiger partial charge in [-0.1, -0.05) is 6.07 Å². The quantitative estimate of drug-likeness (QED) is 0.884. The minimum absolute atomic E-state index is 0.0455. The molecule has 2 atom stereocenters. The van der Waals surface area contributed by atoms with Crippen LogP contribution in [0.3, 0.4) is 0 Å². The van der Waals surface area contributed by atoms with Crippen LogP contribution < -0.4 is 5.32 Å². The number of aromatic nitrogens is 1. The average molecular weight is 278 g/mol. The fourth-order valence-electron chi connectivity index (χ4n) is 1.92.